The predicted octanol–water partition coefficient (Wildman–Crippen LogP) is 3.99. The molecule has 0 fully saturated rings. The summed E-state index contributed by atoms with van der Waals surface area (Å²) in [6.45, 7) is 7.39. The molecular formula is C16H20N2. The van der Waals surface area contributed by atoms with Crippen LogP contribution in [0.2, 0.25) is 0 Å². The van der Waals surface area contributed by atoms with Gasteiger partial charge in [-0.2, -0.15) is 0 Å². The van der Waals surface area contributed by atoms with E-state index >= 15 is 0 Å². The number of aromatic nitrogens is 1. The van der Waals surface area contributed by atoms with Crippen LogP contribution in [-0.2, 0) is 12.0 Å². The zero-order valence-electron chi connectivity index (χ0n) is 11.3. The van der Waals surface area contributed by atoms with E-state index in [9.17, 15) is 0 Å². The van der Waals surface area contributed by atoms with Crippen molar-refractivity contribution < 1.29 is 0 Å². The van der Waals surface area contributed by atoms with Crippen LogP contribution < -0.4 is 5.32 Å². The summed E-state index contributed by atoms with van der Waals surface area (Å²) in [5.74, 6) is 0.923. The monoisotopic (exact) mass is 240 g/mol. The maximum atomic E-state index is 4.45. The molecule has 1 N–H and O–H groups in total. The Balaban J connectivity index is 1.99. The first-order valence-electron chi connectivity index (χ1n) is 6.30. The van der Waals surface area contributed by atoms with Crippen molar-refractivity contribution in [3.63, 3.8) is 0 Å². The third-order valence-electron chi connectivity index (χ3n) is 2.95. The number of pyridine rings is 1. The first-order chi connectivity index (χ1) is 8.55. The lowest BCUT2D eigenvalue weighted by molar-refractivity contribution is 0.587. The van der Waals surface area contributed by atoms with Crippen LogP contribution >= 0.6 is 0 Å². The van der Waals surface area contributed by atoms with Gasteiger partial charge >= 0.3 is 0 Å². The van der Waals surface area contributed by atoms with Gasteiger partial charge in [-0.05, 0) is 22.6 Å². The molecule has 2 heteroatoms. The highest BCUT2D eigenvalue weighted by Crippen LogP contribution is 2.21. The molecule has 94 valence electrons. The van der Waals surface area contributed by atoms with Crippen molar-refractivity contribution in [1.29, 1.82) is 0 Å². The number of nitrogens with zero attached hydrogens (tertiary/aromatic N) is 1. The maximum Gasteiger partial charge on any atom is 0.126 e. The largest absolute Gasteiger partial charge is 0.366 e. The van der Waals surface area contributed by atoms with Crippen LogP contribution in [0, 0.1) is 0 Å². The van der Waals surface area contributed by atoms with Crippen molar-refractivity contribution in [1.82, 2.24) is 4.98 Å². The molecule has 0 aliphatic carbocycles. The summed E-state index contributed by atoms with van der Waals surface area (Å²) in [4.78, 5) is 4.45. The third-order valence-corrected chi connectivity index (χ3v) is 2.95. The SMILES string of the molecule is CC(C)(C)c1ccc(NCc2ccccc2)nc1. The second kappa shape index (κ2) is 5.21. The molecule has 0 aliphatic rings. The van der Waals surface area contributed by atoms with Crippen LogP contribution in [-0.4, -0.2) is 4.98 Å². The number of nitrogens with one attached hydrogen (secondary N) is 1. The number of benzene rings is 1. The van der Waals surface area contributed by atoms with E-state index in [1.54, 1.807) is 0 Å². The highest BCUT2D eigenvalue weighted by atomic mass is 15.0. The number of hydrogen-bond donors (Lipinski definition) is 1. The average molecular weight is 240 g/mol. The highest BCUT2D eigenvalue weighted by Gasteiger charge is 2.13. The van der Waals surface area contributed by atoms with Gasteiger partial charge in [0.2, 0.25) is 0 Å². The van der Waals surface area contributed by atoms with Gasteiger partial charge in [-0.25, -0.2) is 4.98 Å². The summed E-state index contributed by atoms with van der Waals surface area (Å²) >= 11 is 0. The number of rotatable bonds is 3. The van der Waals surface area contributed by atoms with E-state index in [1.807, 2.05) is 30.5 Å². The standard InChI is InChI=1S/C16H20N2/c1-16(2,3)14-9-10-15(18-12-14)17-11-13-7-5-4-6-8-13/h4-10,12H,11H2,1-3H3,(H,17,18). The van der Waals surface area contributed by atoms with Crippen LogP contribution in [0.15, 0.2) is 48.7 Å². The minimum atomic E-state index is 0.158. The average Bonchev–Trinajstić information content (AvgIpc) is 2.37. The van der Waals surface area contributed by atoms with Gasteiger partial charge in [0.1, 0.15) is 5.82 Å². The molecule has 2 aromatic rings. The number of anilines is 1. The van der Waals surface area contributed by atoms with Crippen molar-refractivity contribution >= 4 is 5.82 Å². The lowest BCUT2D eigenvalue weighted by atomic mass is 9.88. The molecule has 2 rings (SSSR count). The van der Waals surface area contributed by atoms with E-state index in [0.717, 1.165) is 12.4 Å². The lowest BCUT2D eigenvalue weighted by Gasteiger charge is -2.18. The Morgan fingerprint density at radius 2 is 1.72 bits per heavy atom. The molecule has 0 saturated heterocycles. The molecule has 0 saturated carbocycles. The Labute approximate surface area is 109 Å². The zero-order valence-corrected chi connectivity index (χ0v) is 11.3. The van der Waals surface area contributed by atoms with Gasteiger partial charge in [0.15, 0.2) is 0 Å². The Morgan fingerprint density at radius 3 is 2.28 bits per heavy atom. The van der Waals surface area contributed by atoms with Crippen LogP contribution in [0.25, 0.3) is 0 Å². The molecular weight excluding hydrogens is 220 g/mol. The Bertz CT molecular complexity index is 481. The predicted molar refractivity (Wildman–Crippen MR) is 76.7 cm³/mol. The molecule has 0 bridgehead atoms. The molecule has 1 heterocycles. The van der Waals surface area contributed by atoms with Crippen LogP contribution in [0.5, 0.6) is 0 Å². The summed E-state index contributed by atoms with van der Waals surface area (Å²) in [6.07, 6.45) is 1.95. The maximum absolute atomic E-state index is 4.45. The van der Waals surface area contributed by atoms with Crippen molar-refractivity contribution in [3.05, 3.63) is 59.8 Å². The molecule has 2 nitrogen and oxygen atoms in total. The van der Waals surface area contributed by atoms with Gasteiger partial charge in [0.05, 0.1) is 0 Å². The molecule has 18 heavy (non-hydrogen) atoms. The fourth-order valence-electron chi connectivity index (χ4n) is 1.73. The van der Waals surface area contributed by atoms with E-state index < -0.39 is 0 Å². The molecule has 0 radical (unpaired) electrons. The Hall–Kier alpha value is -1.83. The fourth-order valence-corrected chi connectivity index (χ4v) is 1.73. The quantitative estimate of drug-likeness (QED) is 0.877. The van der Waals surface area contributed by atoms with Gasteiger partial charge in [-0.1, -0.05) is 57.2 Å². The molecule has 0 aliphatic heterocycles. The molecule has 0 amide bonds. The minimum absolute atomic E-state index is 0.158. The summed E-state index contributed by atoms with van der Waals surface area (Å²) in [6, 6.07) is 14.5. The summed E-state index contributed by atoms with van der Waals surface area (Å²) in [7, 11) is 0. The smallest absolute Gasteiger partial charge is 0.126 e. The second-order valence-electron chi connectivity index (χ2n) is 5.52. The molecule has 0 unspecified atom stereocenters. The van der Waals surface area contributed by atoms with Gasteiger partial charge in [-0.3, -0.25) is 0 Å². The van der Waals surface area contributed by atoms with E-state index in [-0.39, 0.29) is 5.41 Å². The molecule has 1 aromatic carbocycles. The van der Waals surface area contributed by atoms with E-state index in [2.05, 4.69) is 49.3 Å². The van der Waals surface area contributed by atoms with E-state index in [0.29, 0.717) is 0 Å². The van der Waals surface area contributed by atoms with Crippen molar-refractivity contribution in [2.45, 2.75) is 32.7 Å². The van der Waals surface area contributed by atoms with Gasteiger partial charge < -0.3 is 5.32 Å². The van der Waals surface area contributed by atoms with Gasteiger partial charge in [0.25, 0.3) is 0 Å². The van der Waals surface area contributed by atoms with Gasteiger partial charge in [-0.15, -0.1) is 0 Å². The molecule has 0 spiro atoms. The van der Waals surface area contributed by atoms with Crippen molar-refractivity contribution in [2.24, 2.45) is 0 Å². The summed E-state index contributed by atoms with van der Waals surface area (Å²) < 4.78 is 0. The molecule has 0 atom stereocenters. The van der Waals surface area contributed by atoms with E-state index in [4.69, 9.17) is 0 Å². The van der Waals surface area contributed by atoms with Crippen LogP contribution in [0.4, 0.5) is 5.82 Å². The Morgan fingerprint density at radius 1 is 1.00 bits per heavy atom. The number of hydrogen-bond acceptors (Lipinski definition) is 2. The third kappa shape index (κ3) is 3.33. The fraction of sp³-hybridized carbons (Fsp3) is 0.312. The zero-order chi connectivity index (χ0) is 13.0. The molecule has 1 aromatic heterocycles. The summed E-state index contributed by atoms with van der Waals surface area (Å²) in [5, 5.41) is 3.33. The van der Waals surface area contributed by atoms with Gasteiger partial charge in [0, 0.05) is 12.7 Å². The topological polar surface area (TPSA) is 24.9 Å². The highest BCUT2D eigenvalue weighted by molar-refractivity contribution is 5.38. The first kappa shape index (κ1) is 12.6. The van der Waals surface area contributed by atoms with E-state index in [1.165, 1.54) is 11.1 Å². The second-order valence-corrected chi connectivity index (χ2v) is 5.52. The summed E-state index contributed by atoms with van der Waals surface area (Å²) in [5.41, 5.74) is 2.68. The minimum Gasteiger partial charge on any atom is -0.366 e. The van der Waals surface area contributed by atoms with Crippen molar-refractivity contribution in [3.8, 4) is 0 Å². The normalized spacial score (nSPS) is 11.3. The van der Waals surface area contributed by atoms with Crippen LogP contribution in [0.3, 0.4) is 0 Å². The lowest BCUT2D eigenvalue weighted by Crippen LogP contribution is -2.11. The van der Waals surface area contributed by atoms with Crippen LogP contribution in [0.1, 0.15) is 31.9 Å². The Kier molecular flexibility index (Phi) is 3.66. The van der Waals surface area contributed by atoms with Crippen molar-refractivity contribution in [2.75, 3.05) is 5.32 Å². The first-order valence-corrected chi connectivity index (χ1v) is 6.30.